The smallest absolute Gasteiger partial charge is 0.235 e. The summed E-state index contributed by atoms with van der Waals surface area (Å²) >= 11 is 1.80. The highest BCUT2D eigenvalue weighted by Gasteiger charge is 2.24. The van der Waals surface area contributed by atoms with Gasteiger partial charge in [0.2, 0.25) is 5.95 Å². The Kier molecular flexibility index (Phi) is 5.96. The summed E-state index contributed by atoms with van der Waals surface area (Å²) in [6.07, 6.45) is 0. The molecule has 0 N–H and O–H groups in total. The van der Waals surface area contributed by atoms with E-state index in [-0.39, 0.29) is 0 Å². The van der Waals surface area contributed by atoms with Crippen molar-refractivity contribution in [1.82, 2.24) is 19.1 Å². The third-order valence-electron chi connectivity index (χ3n) is 10.9. The third kappa shape index (κ3) is 4.20. The van der Waals surface area contributed by atoms with Crippen LogP contribution in [-0.4, -0.2) is 19.1 Å². The molecule has 1 aliphatic rings. The van der Waals surface area contributed by atoms with Crippen LogP contribution in [-0.2, 0) is 0 Å². The molecule has 0 atom stereocenters. The van der Waals surface area contributed by atoms with Crippen LogP contribution in [0.15, 0.2) is 180 Å². The maximum Gasteiger partial charge on any atom is 0.235 e. The fraction of sp³-hybridized carbons (Fsp3) is 0. The van der Waals surface area contributed by atoms with Gasteiger partial charge in [0.05, 0.1) is 33.3 Å². The summed E-state index contributed by atoms with van der Waals surface area (Å²) in [7, 11) is 0. The number of hydrogen-bond acceptors (Lipinski definition) is 3. The molecule has 0 unspecified atom stereocenters. The Morgan fingerprint density at radius 3 is 1.83 bits per heavy atom. The number of rotatable bonds is 3. The van der Waals surface area contributed by atoms with Crippen molar-refractivity contribution >= 4 is 77.0 Å². The third-order valence-corrected chi connectivity index (χ3v) is 12.0. The fourth-order valence-corrected chi connectivity index (χ4v) is 9.61. The SMILES string of the molecule is c1ccc2c(c1)Sc1cccc3nc(-n4c5ccccc5c5cc(-c6ccc7c(c6)c6ccccc6n7-c6ccc7ccccc7c6)ccc54)nc-2c13. The Labute approximate surface area is 308 Å². The van der Waals surface area contributed by atoms with E-state index >= 15 is 0 Å². The molecular formula is C48H28N4S. The van der Waals surface area contributed by atoms with Gasteiger partial charge in [-0.1, -0.05) is 115 Å². The van der Waals surface area contributed by atoms with Gasteiger partial charge in [0, 0.05) is 48.0 Å². The topological polar surface area (TPSA) is 35.6 Å². The molecule has 3 aromatic heterocycles. The zero-order valence-corrected chi connectivity index (χ0v) is 29.2. The predicted molar refractivity (Wildman–Crippen MR) is 221 cm³/mol. The summed E-state index contributed by atoms with van der Waals surface area (Å²) in [5, 5.41) is 8.46. The van der Waals surface area contributed by atoms with Crippen LogP contribution in [0.4, 0.5) is 0 Å². The van der Waals surface area contributed by atoms with Gasteiger partial charge >= 0.3 is 0 Å². The van der Waals surface area contributed by atoms with Crippen molar-refractivity contribution in [2.45, 2.75) is 9.79 Å². The molecule has 0 spiro atoms. The molecule has 1 aliphatic heterocycles. The lowest BCUT2D eigenvalue weighted by atomic mass is 10.0. The van der Waals surface area contributed by atoms with Crippen molar-refractivity contribution < 1.29 is 0 Å². The van der Waals surface area contributed by atoms with Crippen molar-refractivity contribution in [2.24, 2.45) is 0 Å². The Balaban J connectivity index is 1.05. The first-order valence-corrected chi connectivity index (χ1v) is 18.7. The minimum Gasteiger partial charge on any atom is -0.309 e. The van der Waals surface area contributed by atoms with Crippen molar-refractivity contribution in [3.8, 4) is 34.0 Å². The van der Waals surface area contributed by atoms with Crippen LogP contribution >= 0.6 is 11.8 Å². The lowest BCUT2D eigenvalue weighted by Gasteiger charge is -2.20. The molecular weight excluding hydrogens is 665 g/mol. The summed E-state index contributed by atoms with van der Waals surface area (Å²) in [6.45, 7) is 0. The van der Waals surface area contributed by atoms with Crippen molar-refractivity contribution in [3.05, 3.63) is 170 Å². The summed E-state index contributed by atoms with van der Waals surface area (Å²) in [4.78, 5) is 13.0. The zero-order valence-electron chi connectivity index (χ0n) is 28.4. The van der Waals surface area contributed by atoms with Crippen molar-refractivity contribution in [2.75, 3.05) is 0 Å². The number of para-hydroxylation sites is 2. The van der Waals surface area contributed by atoms with Crippen LogP contribution in [0.5, 0.6) is 0 Å². The van der Waals surface area contributed by atoms with Gasteiger partial charge in [-0.3, -0.25) is 4.57 Å². The van der Waals surface area contributed by atoms with E-state index in [1.54, 1.807) is 11.8 Å². The molecule has 0 radical (unpaired) electrons. The molecule has 53 heavy (non-hydrogen) atoms. The molecule has 11 aromatic rings. The summed E-state index contributed by atoms with van der Waals surface area (Å²) < 4.78 is 4.64. The number of aromatic nitrogens is 4. The van der Waals surface area contributed by atoms with Gasteiger partial charge < -0.3 is 4.57 Å². The first kappa shape index (κ1) is 28.9. The largest absolute Gasteiger partial charge is 0.309 e. The molecule has 0 bridgehead atoms. The van der Waals surface area contributed by atoms with Crippen LogP contribution in [0, 0.1) is 0 Å². The van der Waals surface area contributed by atoms with E-state index in [2.05, 4.69) is 179 Å². The monoisotopic (exact) mass is 692 g/mol. The van der Waals surface area contributed by atoms with Crippen molar-refractivity contribution in [3.63, 3.8) is 0 Å². The summed E-state index contributed by atoms with van der Waals surface area (Å²) in [5.74, 6) is 0.688. The average molecular weight is 693 g/mol. The van der Waals surface area contributed by atoms with Crippen LogP contribution < -0.4 is 0 Å². The highest BCUT2D eigenvalue weighted by Crippen LogP contribution is 2.47. The van der Waals surface area contributed by atoms with E-state index in [1.165, 1.54) is 70.0 Å². The van der Waals surface area contributed by atoms with Gasteiger partial charge in [-0.25, -0.2) is 9.97 Å². The maximum absolute atomic E-state index is 5.34. The molecule has 0 aliphatic carbocycles. The predicted octanol–water partition coefficient (Wildman–Crippen LogP) is 12.8. The van der Waals surface area contributed by atoms with E-state index in [9.17, 15) is 0 Å². The lowest BCUT2D eigenvalue weighted by molar-refractivity contribution is 1.01. The lowest BCUT2D eigenvalue weighted by Crippen LogP contribution is -2.05. The summed E-state index contributed by atoms with van der Waals surface area (Å²) in [5.41, 5.74) is 11.2. The molecule has 5 heteroatoms. The minimum absolute atomic E-state index is 0.688. The van der Waals surface area contributed by atoms with E-state index in [0.29, 0.717) is 5.95 Å². The molecule has 4 heterocycles. The second kappa shape index (κ2) is 10.9. The van der Waals surface area contributed by atoms with E-state index in [0.717, 1.165) is 33.2 Å². The Hall–Kier alpha value is -6.69. The number of hydrogen-bond donors (Lipinski definition) is 0. The van der Waals surface area contributed by atoms with Gasteiger partial charge in [-0.15, -0.1) is 0 Å². The first-order chi connectivity index (χ1) is 26.3. The normalized spacial score (nSPS) is 12.5. The molecule has 8 aromatic carbocycles. The Bertz CT molecular complexity index is 3330. The second-order valence-corrected chi connectivity index (χ2v) is 14.9. The second-order valence-electron chi connectivity index (χ2n) is 13.8. The van der Waals surface area contributed by atoms with Gasteiger partial charge in [0.25, 0.3) is 0 Å². The van der Waals surface area contributed by atoms with Gasteiger partial charge in [-0.2, -0.15) is 0 Å². The molecule has 0 fully saturated rings. The van der Waals surface area contributed by atoms with Gasteiger partial charge in [0.15, 0.2) is 0 Å². The highest BCUT2D eigenvalue weighted by atomic mass is 32.2. The van der Waals surface area contributed by atoms with Crippen molar-refractivity contribution in [1.29, 1.82) is 0 Å². The maximum atomic E-state index is 5.34. The molecule has 4 nitrogen and oxygen atoms in total. The molecule has 0 saturated carbocycles. The Morgan fingerprint density at radius 2 is 1.04 bits per heavy atom. The standard InChI is InChI=1S/C48H28N4S/c1-2-11-30-26-33(23-20-29(30)10-1)51-40-16-6-3-12-34(40)37-27-31(21-24-42(37)51)32-22-25-43-38(28-32)35-13-4-7-17-41(35)52(43)48-49-39-15-9-19-45-46(39)47(50-48)36-14-5-8-18-44(36)53-45/h1-28H. The quantitative estimate of drug-likeness (QED) is 0.185. The van der Waals surface area contributed by atoms with E-state index in [1.807, 2.05) is 0 Å². The van der Waals surface area contributed by atoms with Gasteiger partial charge in [0.1, 0.15) is 0 Å². The fourth-order valence-electron chi connectivity index (χ4n) is 8.50. The Morgan fingerprint density at radius 1 is 0.415 bits per heavy atom. The number of nitrogens with zero attached hydrogens (tertiary/aromatic N) is 4. The van der Waals surface area contributed by atoms with Gasteiger partial charge in [-0.05, 0) is 88.6 Å². The molecule has 0 saturated heterocycles. The zero-order chi connectivity index (χ0) is 34.6. The summed E-state index contributed by atoms with van der Waals surface area (Å²) in [6, 6.07) is 61.4. The number of benzene rings is 8. The number of fused-ring (bicyclic) bond motifs is 9. The first-order valence-electron chi connectivity index (χ1n) is 17.9. The molecule has 0 amide bonds. The van der Waals surface area contributed by atoms with Crippen LogP contribution in [0.2, 0.25) is 0 Å². The van der Waals surface area contributed by atoms with Crippen LogP contribution in [0.3, 0.4) is 0 Å². The van der Waals surface area contributed by atoms with Crippen LogP contribution in [0.1, 0.15) is 0 Å². The van der Waals surface area contributed by atoms with E-state index < -0.39 is 0 Å². The van der Waals surface area contributed by atoms with Crippen LogP contribution in [0.25, 0.3) is 99.3 Å². The average Bonchev–Trinajstić information content (AvgIpc) is 3.73. The highest BCUT2D eigenvalue weighted by molar-refractivity contribution is 7.99. The minimum atomic E-state index is 0.688. The van der Waals surface area contributed by atoms with E-state index in [4.69, 9.17) is 9.97 Å². The molecule has 246 valence electrons. The molecule has 12 rings (SSSR count).